The molecule has 4 aromatic rings. The molecule has 20 heavy (non-hydrogen) atoms. The van der Waals surface area contributed by atoms with Crippen LogP contribution in [0.15, 0.2) is 48.7 Å². The van der Waals surface area contributed by atoms with Gasteiger partial charge in [0.15, 0.2) is 5.65 Å². The molecule has 4 rings (SSSR count). The maximum atomic E-state index is 4.50. The summed E-state index contributed by atoms with van der Waals surface area (Å²) in [6.07, 6.45) is 1.88. The van der Waals surface area contributed by atoms with Gasteiger partial charge in [-0.05, 0) is 24.6 Å². The summed E-state index contributed by atoms with van der Waals surface area (Å²) >= 11 is 0. The van der Waals surface area contributed by atoms with Crippen LogP contribution in [0.1, 0.15) is 11.4 Å². The van der Waals surface area contributed by atoms with Gasteiger partial charge in [-0.25, -0.2) is 0 Å². The maximum absolute atomic E-state index is 4.50. The van der Waals surface area contributed by atoms with Gasteiger partial charge in [0.2, 0.25) is 0 Å². The van der Waals surface area contributed by atoms with E-state index in [1.165, 1.54) is 5.56 Å². The van der Waals surface area contributed by atoms with E-state index in [4.69, 9.17) is 0 Å². The number of hydrogen-bond acceptors (Lipinski definition) is 3. The second-order valence-electron chi connectivity index (χ2n) is 4.83. The van der Waals surface area contributed by atoms with Crippen LogP contribution in [0.2, 0.25) is 0 Å². The number of fused-ring (bicyclic) bond motifs is 3. The molecule has 0 saturated heterocycles. The fourth-order valence-electron chi connectivity index (χ4n) is 2.55. The summed E-state index contributed by atoms with van der Waals surface area (Å²) in [7, 11) is 0. The highest BCUT2D eigenvalue weighted by atomic mass is 15.3. The third-order valence-corrected chi connectivity index (χ3v) is 3.52. The lowest BCUT2D eigenvalue weighted by Gasteiger charge is -2.04. The first kappa shape index (κ1) is 11.2. The van der Waals surface area contributed by atoms with E-state index in [-0.39, 0.29) is 0 Å². The van der Waals surface area contributed by atoms with Gasteiger partial charge >= 0.3 is 0 Å². The predicted octanol–water partition coefficient (Wildman–Crippen LogP) is 2.44. The Hall–Kier alpha value is -2.69. The Morgan fingerprint density at radius 2 is 1.80 bits per heavy atom. The molecule has 0 saturated carbocycles. The molecule has 0 aliphatic carbocycles. The van der Waals surface area contributed by atoms with Crippen LogP contribution < -0.4 is 0 Å². The minimum absolute atomic E-state index is 0.761. The Bertz CT molecular complexity index is 889. The van der Waals surface area contributed by atoms with Gasteiger partial charge in [0.05, 0.1) is 23.8 Å². The van der Waals surface area contributed by atoms with Crippen molar-refractivity contribution < 1.29 is 0 Å². The van der Waals surface area contributed by atoms with Crippen LogP contribution in [0.3, 0.4) is 0 Å². The lowest BCUT2D eigenvalue weighted by atomic mass is 10.2. The largest absolute Gasteiger partial charge is 0.276 e. The van der Waals surface area contributed by atoms with Gasteiger partial charge in [-0.3, -0.25) is 9.08 Å². The van der Waals surface area contributed by atoms with Crippen LogP contribution >= 0.6 is 0 Å². The van der Waals surface area contributed by atoms with Crippen molar-refractivity contribution in [2.45, 2.75) is 13.5 Å². The monoisotopic (exact) mass is 263 g/mol. The van der Waals surface area contributed by atoms with E-state index < -0.39 is 0 Å². The summed E-state index contributed by atoms with van der Waals surface area (Å²) in [5, 5.41) is 12.8. The molecule has 0 fully saturated rings. The summed E-state index contributed by atoms with van der Waals surface area (Å²) in [6.45, 7) is 2.71. The van der Waals surface area contributed by atoms with Gasteiger partial charge in [-0.1, -0.05) is 30.3 Å². The number of aromatic nitrogens is 5. The molecule has 98 valence electrons. The fraction of sp³-hybridized carbons (Fsp3) is 0.133. The Labute approximate surface area is 115 Å². The molecule has 0 bridgehead atoms. The van der Waals surface area contributed by atoms with Gasteiger partial charge in [0, 0.05) is 0 Å². The molecule has 0 amide bonds. The molecule has 0 aliphatic rings. The zero-order chi connectivity index (χ0) is 13.5. The molecule has 5 nitrogen and oxygen atoms in total. The van der Waals surface area contributed by atoms with Crippen molar-refractivity contribution in [1.29, 1.82) is 0 Å². The van der Waals surface area contributed by atoms with Crippen molar-refractivity contribution in [3.63, 3.8) is 0 Å². The summed E-state index contributed by atoms with van der Waals surface area (Å²) in [6, 6.07) is 14.4. The summed E-state index contributed by atoms with van der Waals surface area (Å²) in [5.41, 5.74) is 4.22. The molecule has 3 aromatic heterocycles. The minimum atomic E-state index is 0.761. The topological polar surface area (TPSA) is 48.0 Å². The molecule has 5 heteroatoms. The van der Waals surface area contributed by atoms with E-state index in [1.807, 2.05) is 46.5 Å². The number of nitrogens with zero attached hydrogens (tertiary/aromatic N) is 5. The molecule has 0 radical (unpaired) electrons. The second-order valence-corrected chi connectivity index (χ2v) is 4.83. The third-order valence-electron chi connectivity index (χ3n) is 3.52. The highest BCUT2D eigenvalue weighted by Crippen LogP contribution is 2.18. The first-order chi connectivity index (χ1) is 9.83. The summed E-state index contributed by atoms with van der Waals surface area (Å²) in [4.78, 5) is 0. The van der Waals surface area contributed by atoms with E-state index >= 15 is 0 Å². The number of benzene rings is 1. The van der Waals surface area contributed by atoms with Crippen molar-refractivity contribution in [1.82, 2.24) is 24.4 Å². The van der Waals surface area contributed by atoms with Crippen molar-refractivity contribution in [3.8, 4) is 0 Å². The van der Waals surface area contributed by atoms with Crippen LogP contribution in [0.5, 0.6) is 0 Å². The lowest BCUT2D eigenvalue weighted by Crippen LogP contribution is -2.01. The number of hydrogen-bond donors (Lipinski definition) is 0. The first-order valence-electron chi connectivity index (χ1n) is 6.53. The SMILES string of the molecule is Cc1nnc2ccc3c(cnn3Cc3ccccc3)n12. The summed E-state index contributed by atoms with van der Waals surface area (Å²) < 4.78 is 4.04. The van der Waals surface area contributed by atoms with E-state index in [1.54, 1.807) is 0 Å². The number of rotatable bonds is 2. The van der Waals surface area contributed by atoms with Crippen molar-refractivity contribution in [2.75, 3.05) is 0 Å². The van der Waals surface area contributed by atoms with E-state index in [0.717, 1.165) is 29.0 Å². The van der Waals surface area contributed by atoms with Crippen LogP contribution in [0, 0.1) is 6.92 Å². The summed E-state index contributed by atoms with van der Waals surface area (Å²) in [5.74, 6) is 0.880. The maximum Gasteiger partial charge on any atom is 0.161 e. The van der Waals surface area contributed by atoms with Gasteiger partial charge in [-0.2, -0.15) is 5.10 Å². The second kappa shape index (κ2) is 4.16. The van der Waals surface area contributed by atoms with E-state index in [2.05, 4.69) is 33.5 Å². The Balaban J connectivity index is 1.89. The molecule has 0 atom stereocenters. The number of aryl methyl sites for hydroxylation is 1. The van der Waals surface area contributed by atoms with E-state index in [0.29, 0.717) is 0 Å². The Morgan fingerprint density at radius 3 is 2.65 bits per heavy atom. The lowest BCUT2D eigenvalue weighted by molar-refractivity contribution is 0.712. The molecule has 0 spiro atoms. The zero-order valence-corrected chi connectivity index (χ0v) is 11.1. The van der Waals surface area contributed by atoms with Crippen LogP contribution in [0.4, 0.5) is 0 Å². The normalized spacial score (nSPS) is 11.4. The average Bonchev–Trinajstić information content (AvgIpc) is 3.04. The van der Waals surface area contributed by atoms with Gasteiger partial charge in [-0.15, -0.1) is 10.2 Å². The Kier molecular flexibility index (Phi) is 2.32. The average molecular weight is 263 g/mol. The van der Waals surface area contributed by atoms with Crippen LogP contribution in [-0.4, -0.2) is 24.4 Å². The molecule has 3 heterocycles. The quantitative estimate of drug-likeness (QED) is 0.558. The fourth-order valence-corrected chi connectivity index (χ4v) is 2.55. The number of pyridine rings is 1. The first-order valence-corrected chi connectivity index (χ1v) is 6.53. The zero-order valence-electron chi connectivity index (χ0n) is 11.1. The smallest absolute Gasteiger partial charge is 0.161 e. The molecular weight excluding hydrogens is 250 g/mol. The predicted molar refractivity (Wildman–Crippen MR) is 76.6 cm³/mol. The standard InChI is InChI=1S/C15H13N5/c1-11-17-18-15-8-7-13-14(20(11)15)9-16-19(13)10-12-5-3-2-4-6-12/h2-9H,10H2,1H3. The van der Waals surface area contributed by atoms with E-state index in [9.17, 15) is 0 Å². The van der Waals surface area contributed by atoms with Crippen molar-refractivity contribution >= 4 is 16.7 Å². The third kappa shape index (κ3) is 1.60. The molecular formula is C15H13N5. The molecule has 0 aliphatic heterocycles. The Morgan fingerprint density at radius 1 is 0.950 bits per heavy atom. The molecule has 0 unspecified atom stereocenters. The molecule has 1 aromatic carbocycles. The van der Waals surface area contributed by atoms with Gasteiger partial charge in [0.25, 0.3) is 0 Å². The van der Waals surface area contributed by atoms with Crippen LogP contribution in [-0.2, 0) is 6.54 Å². The highest BCUT2D eigenvalue weighted by molar-refractivity contribution is 5.78. The van der Waals surface area contributed by atoms with Gasteiger partial charge in [0.1, 0.15) is 5.82 Å². The minimum Gasteiger partial charge on any atom is -0.276 e. The van der Waals surface area contributed by atoms with Crippen molar-refractivity contribution in [3.05, 3.63) is 60.0 Å². The highest BCUT2D eigenvalue weighted by Gasteiger charge is 2.09. The van der Waals surface area contributed by atoms with Crippen LogP contribution in [0.25, 0.3) is 16.7 Å². The van der Waals surface area contributed by atoms with Gasteiger partial charge < -0.3 is 0 Å². The van der Waals surface area contributed by atoms with Crippen molar-refractivity contribution in [2.24, 2.45) is 0 Å². The molecule has 0 N–H and O–H groups in total.